The van der Waals surface area contributed by atoms with E-state index < -0.39 is 79.8 Å². The van der Waals surface area contributed by atoms with E-state index in [2.05, 4.69) is 15.0 Å². The Balaban J connectivity index is 1.29. The third kappa shape index (κ3) is 7.43. The number of sulfonamides is 1. The van der Waals surface area contributed by atoms with Crippen LogP contribution in [0.15, 0.2) is 30.4 Å². The van der Waals surface area contributed by atoms with Crippen LogP contribution in [0, 0.1) is 11.8 Å². The molecule has 5 atom stereocenters. The van der Waals surface area contributed by atoms with E-state index in [0.717, 1.165) is 4.90 Å². The number of aryl methyl sites for hydroxylation is 1. The molecule has 4 amide bonds. The zero-order chi connectivity index (χ0) is 40.4. The van der Waals surface area contributed by atoms with Gasteiger partial charge in [-0.05, 0) is 82.4 Å². The number of amides is 4. The Morgan fingerprint density at radius 3 is 2.59 bits per heavy atom. The molecule has 2 saturated carbocycles. The second kappa shape index (κ2) is 14.7. The zero-order valence-corrected chi connectivity index (χ0v) is 33.2. The van der Waals surface area contributed by atoms with Gasteiger partial charge in [0, 0.05) is 34.9 Å². The van der Waals surface area contributed by atoms with E-state index in [1.807, 2.05) is 19.9 Å². The van der Waals surface area contributed by atoms with Crippen LogP contribution in [0.1, 0.15) is 103 Å². The van der Waals surface area contributed by atoms with Crippen molar-refractivity contribution in [1.29, 1.82) is 0 Å². The fourth-order valence-electron chi connectivity index (χ4n) is 8.54. The highest BCUT2D eigenvalue weighted by atomic mass is 35.5. The van der Waals surface area contributed by atoms with Gasteiger partial charge in [0.2, 0.25) is 21.8 Å². The van der Waals surface area contributed by atoms with Crippen LogP contribution in [0.25, 0.3) is 10.9 Å². The molecule has 5 aliphatic rings. The third-order valence-corrected chi connectivity index (χ3v) is 14.5. The van der Waals surface area contributed by atoms with Gasteiger partial charge in [-0.3, -0.25) is 24.0 Å². The molecule has 0 radical (unpaired) electrons. The average molecular weight is 820 g/mol. The average Bonchev–Trinajstić information content (AvgIpc) is 4.02. The first kappa shape index (κ1) is 40.2. The summed E-state index contributed by atoms with van der Waals surface area (Å²) in [4.78, 5) is 62.8. The number of alkyl halides is 2. The molecule has 3 aliphatic heterocycles. The predicted octanol–water partition coefficient (Wildman–Crippen LogP) is 5.89. The summed E-state index contributed by atoms with van der Waals surface area (Å²) in [5.74, 6) is -3.09. The Bertz CT molecular complexity index is 2100. The van der Waals surface area contributed by atoms with Gasteiger partial charge in [-0.2, -0.15) is 0 Å². The number of nitrogens with one attached hydrogen (secondary N) is 2. The Morgan fingerprint density at radius 2 is 1.91 bits per heavy atom. The minimum atomic E-state index is -4.07. The van der Waals surface area contributed by atoms with Crippen LogP contribution in [0.5, 0.6) is 5.75 Å². The monoisotopic (exact) mass is 819 g/mol. The molecule has 0 bridgehead atoms. The SMILES string of the molecule is CC(C)CN(C(=O)O)[C@H]1CCCCC/C=C\[C@@H]2C[C@@]2(C(=O)NS(=O)(=O)C2(C)CC2)NC(=O)[C@@H]2C[C@]3(CCc4c(c(C(F)F)nc5ccc(Cl)cc45)O3)CN2C1=O. The molecule has 3 N–H and O–H groups in total. The number of carboxylic acid groups (broad SMARTS) is 1. The molecule has 304 valence electrons. The number of carbonyl (C=O) groups excluding carboxylic acids is 3. The van der Waals surface area contributed by atoms with Crippen LogP contribution in [0.3, 0.4) is 0 Å². The van der Waals surface area contributed by atoms with Gasteiger partial charge in [-0.15, -0.1) is 0 Å². The molecule has 7 rings (SSSR count). The number of rotatable bonds is 7. The van der Waals surface area contributed by atoms with E-state index in [1.54, 1.807) is 31.2 Å². The van der Waals surface area contributed by atoms with Gasteiger partial charge in [0.1, 0.15) is 28.9 Å². The molecule has 17 heteroatoms. The summed E-state index contributed by atoms with van der Waals surface area (Å²) in [5.41, 5.74) is -2.81. The molecule has 2 aliphatic carbocycles. The smallest absolute Gasteiger partial charge is 0.407 e. The maximum absolute atomic E-state index is 14.9. The van der Waals surface area contributed by atoms with Gasteiger partial charge in [0.05, 0.1) is 16.8 Å². The molecular weight excluding hydrogens is 772 g/mol. The molecule has 4 heterocycles. The number of fused-ring (bicyclic) bond motifs is 5. The van der Waals surface area contributed by atoms with Crippen LogP contribution in [0.4, 0.5) is 13.6 Å². The normalized spacial score (nSPS) is 29.4. The highest BCUT2D eigenvalue weighted by molar-refractivity contribution is 7.91. The molecule has 1 aromatic heterocycles. The number of ether oxygens (including phenoxy) is 1. The summed E-state index contributed by atoms with van der Waals surface area (Å²) in [6.45, 7) is 5.02. The first-order valence-corrected chi connectivity index (χ1v) is 21.2. The van der Waals surface area contributed by atoms with Crippen molar-refractivity contribution in [2.45, 2.75) is 126 Å². The largest absolute Gasteiger partial charge is 0.483 e. The third-order valence-electron chi connectivity index (χ3n) is 12.2. The Labute approximate surface area is 329 Å². The second-order valence-corrected chi connectivity index (χ2v) is 19.4. The lowest BCUT2D eigenvalue weighted by molar-refractivity contribution is -0.143. The number of aromatic nitrogens is 1. The van der Waals surface area contributed by atoms with Crippen molar-refractivity contribution >= 4 is 56.3 Å². The lowest BCUT2D eigenvalue weighted by Crippen LogP contribution is -2.59. The van der Waals surface area contributed by atoms with Crippen molar-refractivity contribution in [3.8, 4) is 5.75 Å². The minimum absolute atomic E-state index is 0.0472. The number of benzene rings is 1. The molecule has 1 saturated heterocycles. The van der Waals surface area contributed by atoms with Crippen LogP contribution < -0.4 is 14.8 Å². The van der Waals surface area contributed by atoms with Crippen LogP contribution in [-0.4, -0.2) is 93.2 Å². The van der Waals surface area contributed by atoms with Crippen LogP contribution in [0.2, 0.25) is 5.02 Å². The van der Waals surface area contributed by atoms with Crippen molar-refractivity contribution < 1.29 is 46.2 Å². The number of carbonyl (C=O) groups is 4. The highest BCUT2D eigenvalue weighted by Gasteiger charge is 2.64. The quantitative estimate of drug-likeness (QED) is 0.288. The van der Waals surface area contributed by atoms with E-state index in [1.165, 1.54) is 4.90 Å². The first-order valence-electron chi connectivity index (χ1n) is 19.3. The molecule has 0 unspecified atom stereocenters. The van der Waals surface area contributed by atoms with Gasteiger partial charge in [0.25, 0.3) is 12.3 Å². The number of hydrogen-bond acceptors (Lipinski definition) is 8. The van der Waals surface area contributed by atoms with Gasteiger partial charge >= 0.3 is 6.09 Å². The summed E-state index contributed by atoms with van der Waals surface area (Å²) in [6.07, 6.45) is 3.23. The Hall–Kier alpha value is -4.05. The van der Waals surface area contributed by atoms with Gasteiger partial charge < -0.3 is 20.1 Å². The Kier molecular flexibility index (Phi) is 10.6. The van der Waals surface area contributed by atoms with E-state index in [0.29, 0.717) is 60.0 Å². The van der Waals surface area contributed by atoms with Crippen LogP contribution in [-0.2, 0) is 30.8 Å². The topological polar surface area (TPSA) is 175 Å². The maximum atomic E-state index is 14.9. The van der Waals surface area contributed by atoms with E-state index in [4.69, 9.17) is 16.3 Å². The van der Waals surface area contributed by atoms with E-state index >= 15 is 0 Å². The van der Waals surface area contributed by atoms with Crippen molar-refractivity contribution in [2.24, 2.45) is 11.8 Å². The van der Waals surface area contributed by atoms with Gasteiger partial charge in [0.15, 0.2) is 5.75 Å². The van der Waals surface area contributed by atoms with Crippen molar-refractivity contribution in [1.82, 2.24) is 24.8 Å². The van der Waals surface area contributed by atoms with Crippen molar-refractivity contribution in [3.63, 3.8) is 0 Å². The summed E-state index contributed by atoms with van der Waals surface area (Å²) in [6, 6.07) is 2.25. The number of nitrogens with zero attached hydrogens (tertiary/aromatic N) is 3. The molecular formula is C39H48ClF2N5O8S. The molecule has 3 fully saturated rings. The fourth-order valence-corrected chi connectivity index (χ4v) is 10.0. The summed E-state index contributed by atoms with van der Waals surface area (Å²) < 4.78 is 63.4. The van der Waals surface area contributed by atoms with Crippen LogP contribution >= 0.6 is 11.6 Å². The number of allylic oxidation sites excluding steroid dienone is 1. The Morgan fingerprint density at radius 1 is 1.16 bits per heavy atom. The lowest BCUT2D eigenvalue weighted by atomic mass is 9.87. The summed E-state index contributed by atoms with van der Waals surface area (Å²) >= 11 is 6.29. The van der Waals surface area contributed by atoms with E-state index in [9.17, 15) is 41.5 Å². The minimum Gasteiger partial charge on any atom is -0.483 e. The molecule has 56 heavy (non-hydrogen) atoms. The summed E-state index contributed by atoms with van der Waals surface area (Å²) in [5, 5.41) is 14.1. The second-order valence-electron chi connectivity index (χ2n) is 16.8. The van der Waals surface area contributed by atoms with E-state index in [-0.39, 0.29) is 56.9 Å². The summed E-state index contributed by atoms with van der Waals surface area (Å²) in [7, 11) is -4.07. The van der Waals surface area contributed by atoms with Gasteiger partial charge in [-0.25, -0.2) is 27.0 Å². The standard InChI is InChI=1S/C39H48ClF2N5O8S/c1-22(2)20-46(36(51)52)28-10-8-6-4-5-7-9-23-18-39(23,35(50)45-56(53,54)37(3)15-16-37)44-33(48)29-19-38(21-47(29)34(28)49)14-13-25-26-17-24(40)11-12-27(26)43-30(32(41)42)31(25)55-38/h7,9,11-12,17,22-23,28-29,32H,4-6,8,10,13-16,18-21H2,1-3H3,(H,44,48)(H,45,50)(H,51,52)/b9-7-/t23-,28+,29+,38-,39-/m1/s1. The molecule has 1 aromatic carbocycles. The maximum Gasteiger partial charge on any atom is 0.407 e. The molecule has 2 aromatic rings. The number of halogens is 3. The van der Waals surface area contributed by atoms with Crippen molar-refractivity contribution in [3.05, 3.63) is 46.6 Å². The number of hydrogen-bond donors (Lipinski definition) is 3. The first-order chi connectivity index (χ1) is 26.4. The zero-order valence-electron chi connectivity index (χ0n) is 31.7. The fraction of sp³-hybridized carbons (Fsp3) is 0.615. The molecule has 1 spiro atoms. The lowest BCUT2D eigenvalue weighted by Gasteiger charge is -2.37. The van der Waals surface area contributed by atoms with Crippen molar-refractivity contribution in [2.75, 3.05) is 13.1 Å². The highest BCUT2D eigenvalue weighted by Crippen LogP contribution is 2.50. The number of pyridine rings is 1. The van der Waals surface area contributed by atoms with Gasteiger partial charge in [-0.1, -0.05) is 50.4 Å². The predicted molar refractivity (Wildman–Crippen MR) is 203 cm³/mol. The molecule has 13 nitrogen and oxygen atoms in total.